The lowest BCUT2D eigenvalue weighted by Gasteiger charge is -2.05. The van der Waals surface area contributed by atoms with Crippen molar-refractivity contribution in [2.75, 3.05) is 6.61 Å². The van der Waals surface area contributed by atoms with Crippen molar-refractivity contribution in [3.8, 4) is 17.0 Å². The molecular formula is C13H13N3O3. The van der Waals surface area contributed by atoms with Crippen LogP contribution in [0.25, 0.3) is 11.3 Å². The van der Waals surface area contributed by atoms with E-state index < -0.39 is 5.69 Å². The van der Waals surface area contributed by atoms with Crippen molar-refractivity contribution in [3.05, 3.63) is 40.9 Å². The predicted octanol–water partition coefficient (Wildman–Crippen LogP) is 0.810. The maximum Gasteiger partial charge on any atom is 0.364 e. The first-order chi connectivity index (χ1) is 9.06. The van der Waals surface area contributed by atoms with Gasteiger partial charge in [-0.2, -0.15) is 10.1 Å². The summed E-state index contributed by atoms with van der Waals surface area (Å²) in [5.41, 5.74) is 0.857. The van der Waals surface area contributed by atoms with E-state index in [1.807, 2.05) is 0 Å². The number of aromatic nitrogens is 3. The van der Waals surface area contributed by atoms with Gasteiger partial charge < -0.3 is 4.74 Å². The van der Waals surface area contributed by atoms with Crippen LogP contribution in [-0.4, -0.2) is 27.2 Å². The molecule has 0 saturated carbocycles. The van der Waals surface area contributed by atoms with Gasteiger partial charge in [0.1, 0.15) is 12.4 Å². The van der Waals surface area contributed by atoms with Gasteiger partial charge in [0.05, 0.1) is 11.9 Å². The molecule has 0 amide bonds. The molecule has 0 bridgehead atoms. The van der Waals surface area contributed by atoms with Gasteiger partial charge in [-0.3, -0.25) is 4.79 Å². The third-order valence-electron chi connectivity index (χ3n) is 2.44. The molecule has 19 heavy (non-hydrogen) atoms. The summed E-state index contributed by atoms with van der Waals surface area (Å²) >= 11 is 0. The molecule has 2 rings (SSSR count). The Labute approximate surface area is 109 Å². The van der Waals surface area contributed by atoms with Gasteiger partial charge >= 0.3 is 5.69 Å². The number of ketones is 1. The lowest BCUT2D eigenvalue weighted by Crippen LogP contribution is -2.22. The molecule has 0 saturated heterocycles. The van der Waals surface area contributed by atoms with Crippen molar-refractivity contribution >= 4 is 5.78 Å². The molecular weight excluding hydrogens is 246 g/mol. The molecule has 6 nitrogen and oxygen atoms in total. The fraction of sp³-hybridized carbons (Fsp3) is 0.231. The molecule has 1 aromatic heterocycles. The van der Waals surface area contributed by atoms with Crippen molar-refractivity contribution in [2.24, 2.45) is 7.05 Å². The van der Waals surface area contributed by atoms with E-state index in [0.717, 1.165) is 10.2 Å². The standard InChI is InChI=1S/C13H13N3O3/c1-9(17)8-19-11-5-3-10(4-6-11)12-7-14-16(2)13(18)15-12/h3-7H,8H2,1-2H3. The van der Waals surface area contributed by atoms with E-state index >= 15 is 0 Å². The Hall–Kier alpha value is -2.50. The van der Waals surface area contributed by atoms with Crippen LogP contribution in [0.5, 0.6) is 5.75 Å². The predicted molar refractivity (Wildman–Crippen MR) is 68.9 cm³/mol. The minimum Gasteiger partial charge on any atom is -0.486 e. The highest BCUT2D eigenvalue weighted by atomic mass is 16.5. The number of nitrogens with zero attached hydrogens (tertiary/aromatic N) is 3. The Balaban J connectivity index is 2.20. The molecule has 1 aromatic carbocycles. The zero-order valence-corrected chi connectivity index (χ0v) is 10.7. The summed E-state index contributed by atoms with van der Waals surface area (Å²) in [6.45, 7) is 1.51. The van der Waals surface area contributed by atoms with Gasteiger partial charge in [-0.1, -0.05) is 0 Å². The molecule has 6 heteroatoms. The number of ether oxygens (including phenoxy) is 1. The number of carbonyl (C=O) groups excluding carboxylic acids is 1. The summed E-state index contributed by atoms with van der Waals surface area (Å²) in [6, 6.07) is 6.96. The zero-order chi connectivity index (χ0) is 13.8. The minimum absolute atomic E-state index is 0.0403. The number of carbonyl (C=O) groups is 1. The molecule has 0 aliphatic rings. The summed E-state index contributed by atoms with van der Waals surface area (Å²) in [7, 11) is 1.54. The maximum absolute atomic E-state index is 11.4. The first kappa shape index (κ1) is 12.9. The molecule has 0 spiro atoms. The van der Waals surface area contributed by atoms with E-state index in [4.69, 9.17) is 4.74 Å². The molecule has 0 aliphatic carbocycles. The van der Waals surface area contributed by atoms with E-state index in [1.165, 1.54) is 20.2 Å². The molecule has 0 fully saturated rings. The van der Waals surface area contributed by atoms with Crippen LogP contribution in [0.15, 0.2) is 35.3 Å². The Bertz CT molecular complexity index is 647. The van der Waals surface area contributed by atoms with Gasteiger partial charge in [0, 0.05) is 12.6 Å². The normalized spacial score (nSPS) is 10.2. The number of aryl methyl sites for hydroxylation is 1. The monoisotopic (exact) mass is 259 g/mol. The highest BCUT2D eigenvalue weighted by molar-refractivity contribution is 5.77. The molecule has 0 atom stereocenters. The Morgan fingerprint density at radius 1 is 1.32 bits per heavy atom. The van der Waals surface area contributed by atoms with Crippen LogP contribution >= 0.6 is 0 Å². The fourth-order valence-electron chi connectivity index (χ4n) is 1.44. The van der Waals surface area contributed by atoms with Crippen molar-refractivity contribution in [1.82, 2.24) is 14.8 Å². The Morgan fingerprint density at radius 3 is 2.58 bits per heavy atom. The first-order valence-electron chi connectivity index (χ1n) is 5.69. The van der Waals surface area contributed by atoms with E-state index in [0.29, 0.717) is 11.4 Å². The summed E-state index contributed by atoms with van der Waals surface area (Å²) in [6.07, 6.45) is 1.52. The molecule has 1 heterocycles. The number of rotatable bonds is 4. The average Bonchev–Trinajstić information content (AvgIpc) is 2.40. The van der Waals surface area contributed by atoms with Gasteiger partial charge in [-0.05, 0) is 31.2 Å². The first-order valence-corrected chi connectivity index (χ1v) is 5.69. The Kier molecular flexibility index (Phi) is 3.70. The van der Waals surface area contributed by atoms with Crippen molar-refractivity contribution in [1.29, 1.82) is 0 Å². The second kappa shape index (κ2) is 5.43. The highest BCUT2D eigenvalue weighted by Gasteiger charge is 2.03. The topological polar surface area (TPSA) is 74.1 Å². The lowest BCUT2D eigenvalue weighted by atomic mass is 10.1. The van der Waals surface area contributed by atoms with E-state index in [1.54, 1.807) is 24.3 Å². The van der Waals surface area contributed by atoms with Gasteiger partial charge in [0.2, 0.25) is 0 Å². The van der Waals surface area contributed by atoms with Crippen LogP contribution in [0.2, 0.25) is 0 Å². The second-order valence-electron chi connectivity index (χ2n) is 4.06. The summed E-state index contributed by atoms with van der Waals surface area (Å²) < 4.78 is 6.41. The quantitative estimate of drug-likeness (QED) is 0.812. The molecule has 0 aliphatic heterocycles. The number of hydrogen-bond donors (Lipinski definition) is 0. The third kappa shape index (κ3) is 3.25. The molecule has 0 radical (unpaired) electrons. The SMILES string of the molecule is CC(=O)COc1ccc(-c2cnn(C)c(=O)n2)cc1. The van der Waals surface area contributed by atoms with Crippen LogP contribution in [0, 0.1) is 0 Å². The van der Waals surface area contributed by atoms with Gasteiger partial charge in [-0.25, -0.2) is 9.48 Å². The number of Topliss-reactive ketones (excluding diaryl/α,β-unsaturated/α-hetero) is 1. The smallest absolute Gasteiger partial charge is 0.364 e. The second-order valence-corrected chi connectivity index (χ2v) is 4.06. The number of benzene rings is 1. The van der Waals surface area contributed by atoms with Crippen molar-refractivity contribution in [3.63, 3.8) is 0 Å². The highest BCUT2D eigenvalue weighted by Crippen LogP contribution is 2.19. The van der Waals surface area contributed by atoms with Gasteiger partial charge in [-0.15, -0.1) is 0 Å². The van der Waals surface area contributed by atoms with E-state index in [2.05, 4.69) is 10.1 Å². The average molecular weight is 259 g/mol. The summed E-state index contributed by atoms with van der Waals surface area (Å²) in [5, 5.41) is 3.90. The van der Waals surface area contributed by atoms with Crippen LogP contribution in [-0.2, 0) is 11.8 Å². The zero-order valence-electron chi connectivity index (χ0n) is 10.7. The minimum atomic E-state index is -0.408. The van der Waals surface area contributed by atoms with Crippen LogP contribution in [0.4, 0.5) is 0 Å². The Morgan fingerprint density at radius 2 is 2.00 bits per heavy atom. The maximum atomic E-state index is 11.4. The van der Waals surface area contributed by atoms with E-state index in [-0.39, 0.29) is 12.4 Å². The fourth-order valence-corrected chi connectivity index (χ4v) is 1.44. The van der Waals surface area contributed by atoms with Crippen molar-refractivity contribution in [2.45, 2.75) is 6.92 Å². The third-order valence-corrected chi connectivity index (χ3v) is 2.44. The molecule has 0 N–H and O–H groups in total. The van der Waals surface area contributed by atoms with Crippen LogP contribution in [0.1, 0.15) is 6.92 Å². The molecule has 98 valence electrons. The van der Waals surface area contributed by atoms with Crippen LogP contribution < -0.4 is 10.4 Å². The van der Waals surface area contributed by atoms with Gasteiger partial charge in [0.15, 0.2) is 5.78 Å². The summed E-state index contributed by atoms with van der Waals surface area (Å²) in [4.78, 5) is 26.1. The molecule has 2 aromatic rings. The number of hydrogen-bond acceptors (Lipinski definition) is 5. The lowest BCUT2D eigenvalue weighted by molar-refractivity contribution is -0.118. The van der Waals surface area contributed by atoms with Gasteiger partial charge in [0.25, 0.3) is 0 Å². The van der Waals surface area contributed by atoms with Crippen molar-refractivity contribution < 1.29 is 9.53 Å². The van der Waals surface area contributed by atoms with E-state index in [9.17, 15) is 9.59 Å². The van der Waals surface area contributed by atoms with Crippen LogP contribution in [0.3, 0.4) is 0 Å². The summed E-state index contributed by atoms with van der Waals surface area (Å²) in [5.74, 6) is 0.553. The largest absolute Gasteiger partial charge is 0.486 e. The molecule has 0 unspecified atom stereocenters.